The minimum Gasteiger partial charge on any atom is -0.372 e. The maximum absolute atomic E-state index is 12.7. The molecule has 0 radical (unpaired) electrons. The molecule has 0 spiro atoms. The molecule has 172 valence electrons. The van der Waals surface area contributed by atoms with Gasteiger partial charge in [-0.1, -0.05) is 30.3 Å². The number of nitrogens with one attached hydrogen (secondary N) is 1. The Morgan fingerprint density at radius 3 is 2.12 bits per heavy atom. The van der Waals surface area contributed by atoms with Crippen LogP contribution in [0.4, 0.5) is 17.1 Å². The van der Waals surface area contributed by atoms with Crippen molar-refractivity contribution in [3.05, 3.63) is 90.0 Å². The molecule has 0 bridgehead atoms. The molecule has 1 aliphatic rings. The van der Waals surface area contributed by atoms with Crippen LogP contribution in [0.3, 0.4) is 0 Å². The number of piperidine rings is 1. The summed E-state index contributed by atoms with van der Waals surface area (Å²) >= 11 is 0. The Bertz CT molecular complexity index is 1170. The summed E-state index contributed by atoms with van der Waals surface area (Å²) in [6, 6.07) is 24.0. The van der Waals surface area contributed by atoms with Gasteiger partial charge in [-0.05, 0) is 73.4 Å². The molecular formula is C26H29N3O3S. The number of benzene rings is 3. The molecule has 0 aliphatic carbocycles. The van der Waals surface area contributed by atoms with Gasteiger partial charge in [0.2, 0.25) is 10.0 Å². The fourth-order valence-corrected chi connectivity index (χ4v) is 4.93. The van der Waals surface area contributed by atoms with Gasteiger partial charge >= 0.3 is 0 Å². The number of hydrogen-bond acceptors (Lipinski definition) is 4. The summed E-state index contributed by atoms with van der Waals surface area (Å²) in [7, 11) is -3.48. The second-order valence-corrected chi connectivity index (χ2v) is 10.3. The maximum Gasteiger partial charge on any atom is 0.255 e. The normalized spacial score (nSPS) is 14.0. The molecule has 1 aliphatic heterocycles. The molecule has 0 saturated carbocycles. The molecular weight excluding hydrogens is 434 g/mol. The topological polar surface area (TPSA) is 69.7 Å². The van der Waals surface area contributed by atoms with Gasteiger partial charge in [0.15, 0.2) is 0 Å². The molecule has 6 nitrogen and oxygen atoms in total. The summed E-state index contributed by atoms with van der Waals surface area (Å²) in [5.41, 5.74) is 3.77. The lowest BCUT2D eigenvalue weighted by molar-refractivity contribution is 0.102. The monoisotopic (exact) mass is 463 g/mol. The highest BCUT2D eigenvalue weighted by atomic mass is 32.2. The number of hydrogen-bond donors (Lipinski definition) is 1. The van der Waals surface area contributed by atoms with Gasteiger partial charge in [-0.3, -0.25) is 9.10 Å². The summed E-state index contributed by atoms with van der Waals surface area (Å²) in [6.07, 6.45) is 4.91. The van der Waals surface area contributed by atoms with E-state index in [4.69, 9.17) is 0 Å². The van der Waals surface area contributed by atoms with Crippen LogP contribution in [0.15, 0.2) is 78.9 Å². The number of sulfonamides is 1. The zero-order valence-electron chi connectivity index (χ0n) is 18.8. The fraction of sp³-hybridized carbons (Fsp3) is 0.269. The van der Waals surface area contributed by atoms with E-state index < -0.39 is 10.0 Å². The second-order valence-electron chi connectivity index (χ2n) is 8.35. The van der Waals surface area contributed by atoms with E-state index in [0.29, 0.717) is 11.3 Å². The molecule has 1 N–H and O–H groups in total. The van der Waals surface area contributed by atoms with Gasteiger partial charge in [0.05, 0.1) is 18.5 Å². The van der Waals surface area contributed by atoms with Gasteiger partial charge in [-0.25, -0.2) is 8.42 Å². The number of nitrogens with zero attached hydrogens (tertiary/aromatic N) is 2. The van der Waals surface area contributed by atoms with Crippen LogP contribution < -0.4 is 14.5 Å². The quantitative estimate of drug-likeness (QED) is 0.541. The van der Waals surface area contributed by atoms with E-state index >= 15 is 0 Å². The van der Waals surface area contributed by atoms with Gasteiger partial charge in [0, 0.05) is 30.0 Å². The molecule has 3 aromatic carbocycles. The zero-order chi connectivity index (χ0) is 23.3. The maximum atomic E-state index is 12.7. The van der Waals surface area contributed by atoms with E-state index in [1.165, 1.54) is 35.5 Å². The third kappa shape index (κ3) is 5.93. The minimum absolute atomic E-state index is 0.231. The Kier molecular flexibility index (Phi) is 6.99. The molecule has 33 heavy (non-hydrogen) atoms. The van der Waals surface area contributed by atoms with E-state index in [9.17, 15) is 13.2 Å². The molecule has 1 amide bonds. The molecule has 1 fully saturated rings. The van der Waals surface area contributed by atoms with Crippen LogP contribution in [0, 0.1) is 0 Å². The summed E-state index contributed by atoms with van der Waals surface area (Å²) in [4.78, 5) is 15.1. The highest BCUT2D eigenvalue weighted by Crippen LogP contribution is 2.24. The molecule has 0 aromatic heterocycles. The number of carbonyl (C=O) groups is 1. The van der Waals surface area contributed by atoms with Crippen LogP contribution >= 0.6 is 0 Å². The van der Waals surface area contributed by atoms with Crippen LogP contribution in [0.25, 0.3) is 0 Å². The molecule has 1 saturated heterocycles. The Balaban J connectivity index is 1.43. The van der Waals surface area contributed by atoms with Crippen LogP contribution in [0.2, 0.25) is 0 Å². The largest absolute Gasteiger partial charge is 0.372 e. The van der Waals surface area contributed by atoms with Gasteiger partial charge < -0.3 is 10.2 Å². The van der Waals surface area contributed by atoms with E-state index in [-0.39, 0.29) is 12.5 Å². The molecule has 1 heterocycles. The lowest BCUT2D eigenvalue weighted by Gasteiger charge is -2.28. The highest BCUT2D eigenvalue weighted by molar-refractivity contribution is 7.92. The van der Waals surface area contributed by atoms with Crippen molar-refractivity contribution in [2.24, 2.45) is 0 Å². The Morgan fingerprint density at radius 1 is 0.879 bits per heavy atom. The predicted molar refractivity (Wildman–Crippen MR) is 134 cm³/mol. The van der Waals surface area contributed by atoms with Crippen LogP contribution in [0.5, 0.6) is 0 Å². The lowest BCUT2D eigenvalue weighted by atomic mass is 10.1. The second kappa shape index (κ2) is 10.1. The fourth-order valence-electron chi connectivity index (χ4n) is 4.04. The molecule has 3 aromatic rings. The van der Waals surface area contributed by atoms with Crippen LogP contribution in [-0.2, 0) is 16.6 Å². The first-order valence-electron chi connectivity index (χ1n) is 11.2. The first kappa shape index (κ1) is 22.9. The third-order valence-electron chi connectivity index (χ3n) is 5.83. The van der Waals surface area contributed by atoms with Crippen molar-refractivity contribution in [3.8, 4) is 0 Å². The van der Waals surface area contributed by atoms with Gasteiger partial charge in [-0.15, -0.1) is 0 Å². The van der Waals surface area contributed by atoms with Gasteiger partial charge in [-0.2, -0.15) is 0 Å². The molecule has 0 atom stereocenters. The molecule has 4 rings (SSSR count). The van der Waals surface area contributed by atoms with Gasteiger partial charge in [0.25, 0.3) is 5.91 Å². The Labute approximate surface area is 195 Å². The lowest BCUT2D eigenvalue weighted by Crippen LogP contribution is -2.29. The van der Waals surface area contributed by atoms with Crippen LogP contribution in [-0.4, -0.2) is 33.7 Å². The Morgan fingerprint density at radius 2 is 1.52 bits per heavy atom. The summed E-state index contributed by atoms with van der Waals surface area (Å²) in [5.74, 6) is -0.235. The van der Waals surface area contributed by atoms with Crippen molar-refractivity contribution in [3.63, 3.8) is 0 Å². The van der Waals surface area contributed by atoms with E-state index in [1.807, 2.05) is 54.6 Å². The molecule has 7 heteroatoms. The number of rotatable bonds is 7. The van der Waals surface area contributed by atoms with Crippen molar-refractivity contribution in [2.45, 2.75) is 25.8 Å². The highest BCUT2D eigenvalue weighted by Gasteiger charge is 2.18. The summed E-state index contributed by atoms with van der Waals surface area (Å²) in [6.45, 7) is 2.38. The number of amides is 1. The average molecular weight is 464 g/mol. The summed E-state index contributed by atoms with van der Waals surface area (Å²) in [5, 5.41) is 2.92. The smallest absolute Gasteiger partial charge is 0.255 e. The van der Waals surface area contributed by atoms with Gasteiger partial charge in [0.1, 0.15) is 0 Å². The zero-order valence-corrected chi connectivity index (χ0v) is 19.6. The standard InChI is InChI=1S/C26H29N3O3S/c1-33(31,32)29(20-21-8-4-2-5-9-21)25-14-10-22(11-15-25)26(30)27-23-12-16-24(17-13-23)28-18-6-3-7-19-28/h2,4-5,8-17H,3,6-7,18-20H2,1H3,(H,27,30). The first-order chi connectivity index (χ1) is 15.9. The SMILES string of the molecule is CS(=O)(=O)N(Cc1ccccc1)c1ccc(C(=O)Nc2ccc(N3CCCCC3)cc2)cc1. The van der Waals surface area contributed by atoms with Crippen molar-refractivity contribution in [1.82, 2.24) is 0 Å². The van der Waals surface area contributed by atoms with E-state index in [0.717, 1.165) is 24.3 Å². The van der Waals surface area contributed by atoms with Crippen molar-refractivity contribution >= 4 is 33.0 Å². The summed E-state index contributed by atoms with van der Waals surface area (Å²) < 4.78 is 26.1. The van der Waals surface area contributed by atoms with Crippen molar-refractivity contribution in [1.29, 1.82) is 0 Å². The predicted octanol–water partition coefficient (Wildman–Crippen LogP) is 4.90. The van der Waals surface area contributed by atoms with E-state index in [1.54, 1.807) is 24.3 Å². The average Bonchev–Trinajstić information content (AvgIpc) is 2.84. The Hall–Kier alpha value is -3.32. The molecule has 0 unspecified atom stereocenters. The van der Waals surface area contributed by atoms with E-state index in [2.05, 4.69) is 10.2 Å². The minimum atomic E-state index is -3.48. The number of anilines is 3. The third-order valence-corrected chi connectivity index (χ3v) is 6.97. The van der Waals surface area contributed by atoms with Crippen molar-refractivity contribution in [2.75, 3.05) is 33.9 Å². The van der Waals surface area contributed by atoms with Crippen molar-refractivity contribution < 1.29 is 13.2 Å². The van der Waals surface area contributed by atoms with Crippen LogP contribution in [0.1, 0.15) is 35.2 Å². The number of carbonyl (C=O) groups excluding carboxylic acids is 1. The first-order valence-corrected chi connectivity index (χ1v) is 13.0.